The van der Waals surface area contributed by atoms with Gasteiger partial charge in [-0.2, -0.15) is 0 Å². The molecule has 1 aromatic heterocycles. The first-order valence-corrected chi connectivity index (χ1v) is 15.7. The van der Waals surface area contributed by atoms with Crippen LogP contribution in [0.5, 0.6) is 0 Å². The molecule has 2 atom stereocenters. The van der Waals surface area contributed by atoms with Crippen molar-refractivity contribution in [2.24, 2.45) is 0 Å². The summed E-state index contributed by atoms with van der Waals surface area (Å²) in [4.78, 5) is 30.3. The van der Waals surface area contributed by atoms with Crippen molar-refractivity contribution < 1.29 is 19.4 Å². The first kappa shape index (κ1) is 31.6. The third-order valence-corrected chi connectivity index (χ3v) is 9.38. The molecule has 0 bridgehead atoms. The lowest BCUT2D eigenvalue weighted by atomic mass is 9.97. The van der Waals surface area contributed by atoms with Crippen molar-refractivity contribution in [2.45, 2.75) is 64.3 Å². The highest BCUT2D eigenvalue weighted by molar-refractivity contribution is 6.32. The summed E-state index contributed by atoms with van der Waals surface area (Å²) in [7, 11) is 0. The Hall–Kier alpha value is -2.77. The number of amides is 1. The Morgan fingerprint density at radius 3 is 2.56 bits per heavy atom. The molecule has 0 saturated carbocycles. The fraction of sp³-hybridized carbons (Fsp3) is 0.633. The van der Waals surface area contributed by atoms with Crippen molar-refractivity contribution in [1.29, 1.82) is 0 Å². The summed E-state index contributed by atoms with van der Waals surface area (Å²) < 4.78 is 14.5. The van der Waals surface area contributed by atoms with Crippen LogP contribution in [-0.4, -0.2) is 113 Å². The van der Waals surface area contributed by atoms with E-state index in [1.165, 1.54) is 0 Å². The molecule has 5 rings (SSSR count). The van der Waals surface area contributed by atoms with Gasteiger partial charge in [0.2, 0.25) is 0 Å². The third kappa shape index (κ3) is 6.99. The van der Waals surface area contributed by atoms with Gasteiger partial charge in [-0.3, -0.25) is 14.6 Å². The fourth-order valence-corrected chi connectivity index (χ4v) is 7.09. The van der Waals surface area contributed by atoms with E-state index in [0.717, 1.165) is 76.3 Å². The van der Waals surface area contributed by atoms with Gasteiger partial charge in [-0.25, -0.2) is 14.4 Å². The smallest absolute Gasteiger partial charge is 0.273 e. The summed E-state index contributed by atoms with van der Waals surface area (Å²) in [6.45, 7) is 10.3. The number of piperidine rings is 1. The molecule has 1 amide bonds. The van der Waals surface area contributed by atoms with Crippen LogP contribution in [0.3, 0.4) is 0 Å². The van der Waals surface area contributed by atoms with Crippen molar-refractivity contribution in [1.82, 2.24) is 25.1 Å². The molecule has 3 fully saturated rings. The van der Waals surface area contributed by atoms with Gasteiger partial charge in [-0.15, -0.1) is 0 Å². The minimum atomic E-state index is -0.518. The van der Waals surface area contributed by atoms with E-state index in [1.807, 2.05) is 13.0 Å². The van der Waals surface area contributed by atoms with Crippen LogP contribution in [0.1, 0.15) is 54.2 Å². The predicted molar refractivity (Wildman–Crippen MR) is 166 cm³/mol. The molecule has 1 aromatic carbocycles. The minimum absolute atomic E-state index is 0.0121. The molecule has 0 radical (unpaired) electrons. The molecule has 5 N–H and O–H groups in total. The molecular weight excluding hydrogens is 575 g/mol. The monoisotopic (exact) mass is 618 g/mol. The quantitative estimate of drug-likeness (QED) is 0.331. The molecule has 43 heavy (non-hydrogen) atoms. The van der Waals surface area contributed by atoms with E-state index in [0.29, 0.717) is 36.4 Å². The number of likely N-dealkylation sites (tertiary alicyclic amines) is 1. The fourth-order valence-electron chi connectivity index (χ4n) is 6.84. The van der Waals surface area contributed by atoms with Crippen LogP contribution in [0, 0.1) is 12.7 Å². The van der Waals surface area contributed by atoms with Gasteiger partial charge in [0.25, 0.3) is 5.91 Å². The molecule has 3 aliphatic heterocycles. The highest BCUT2D eigenvalue weighted by atomic mass is 35.5. The maximum absolute atomic E-state index is 14.5. The first-order chi connectivity index (χ1) is 20.7. The Labute approximate surface area is 257 Å². The summed E-state index contributed by atoms with van der Waals surface area (Å²) in [6, 6.07) is 4.26. The zero-order chi connectivity index (χ0) is 30.7. The Bertz CT molecular complexity index is 1290. The van der Waals surface area contributed by atoms with Crippen LogP contribution in [0.25, 0.3) is 0 Å². The van der Waals surface area contributed by atoms with Crippen molar-refractivity contribution in [3.8, 4) is 0 Å². The number of halogens is 2. The van der Waals surface area contributed by atoms with E-state index in [9.17, 15) is 14.3 Å². The van der Waals surface area contributed by atoms with E-state index in [1.54, 1.807) is 6.07 Å². The molecule has 3 aliphatic rings. The number of nitrogens with zero attached hydrogens (tertiary/aromatic N) is 6. The number of piperazine rings is 1. The van der Waals surface area contributed by atoms with Gasteiger partial charge < -0.3 is 31.1 Å². The molecule has 3 saturated heterocycles. The largest absolute Gasteiger partial charge is 0.395 e. The van der Waals surface area contributed by atoms with Gasteiger partial charge in [-0.1, -0.05) is 24.6 Å². The van der Waals surface area contributed by atoms with E-state index in [4.69, 9.17) is 22.4 Å². The Kier molecular flexibility index (Phi) is 10.2. The summed E-state index contributed by atoms with van der Waals surface area (Å²) in [5.41, 5.74) is 8.78. The zero-order valence-corrected chi connectivity index (χ0v) is 25.9. The van der Waals surface area contributed by atoms with Gasteiger partial charge in [0, 0.05) is 69.1 Å². The number of carbonyl (C=O) groups is 1. The van der Waals surface area contributed by atoms with E-state index in [2.05, 4.69) is 41.8 Å². The molecule has 13 heteroatoms. The number of β-amino-alcohol motifs (C(OH)–C–C–N with tert-alkyl or cyclic N) is 1. The van der Waals surface area contributed by atoms with Crippen molar-refractivity contribution in [3.05, 3.63) is 39.9 Å². The van der Waals surface area contributed by atoms with Gasteiger partial charge in [0.1, 0.15) is 5.82 Å². The maximum Gasteiger partial charge on any atom is 0.273 e. The number of nitrogen functional groups attached to an aromatic ring is 1. The van der Waals surface area contributed by atoms with Crippen molar-refractivity contribution in [3.63, 3.8) is 0 Å². The predicted octanol–water partition coefficient (Wildman–Crippen LogP) is 2.02. The van der Waals surface area contributed by atoms with Crippen LogP contribution in [0.2, 0.25) is 5.15 Å². The molecule has 0 aliphatic carbocycles. The van der Waals surface area contributed by atoms with Crippen molar-refractivity contribution >= 4 is 34.8 Å². The summed E-state index contributed by atoms with van der Waals surface area (Å²) in [5.74, 6) is -0.214. The van der Waals surface area contributed by atoms with Gasteiger partial charge in [0.15, 0.2) is 22.5 Å². The van der Waals surface area contributed by atoms with Crippen LogP contribution in [-0.2, 0) is 6.54 Å². The molecular formula is C30H44ClFN8O3. The number of rotatable bonds is 9. The number of aromatic nitrogens is 2. The number of aliphatic hydroxyl groups is 2. The molecule has 2 aromatic rings. The van der Waals surface area contributed by atoms with E-state index in [-0.39, 0.29) is 41.7 Å². The Balaban J connectivity index is 1.20. The molecule has 0 unspecified atom stereocenters. The highest BCUT2D eigenvalue weighted by Gasteiger charge is 2.35. The number of hydrogen-bond acceptors (Lipinski definition) is 10. The topological polar surface area (TPSA) is 134 Å². The average Bonchev–Trinajstić information content (AvgIpc) is 3.44. The summed E-state index contributed by atoms with van der Waals surface area (Å²) in [6.07, 6.45) is 3.44. The van der Waals surface area contributed by atoms with Gasteiger partial charge >= 0.3 is 0 Å². The Morgan fingerprint density at radius 1 is 1.12 bits per heavy atom. The van der Waals surface area contributed by atoms with Gasteiger partial charge in [0.05, 0.1) is 12.7 Å². The second kappa shape index (κ2) is 13.9. The van der Waals surface area contributed by atoms with Crippen LogP contribution < -0.4 is 20.9 Å². The molecule has 11 nitrogen and oxygen atoms in total. The second-order valence-electron chi connectivity index (χ2n) is 11.9. The normalized spacial score (nSPS) is 22.4. The average molecular weight is 619 g/mol. The number of hydrogen-bond donors (Lipinski definition) is 4. The van der Waals surface area contributed by atoms with E-state index < -0.39 is 5.91 Å². The number of anilines is 3. The number of benzene rings is 1. The standard InChI is InChI=1S/C30H44ClFN8O3/c1-3-21-17-39(29-27(31)35-25(28(33)36-29)30(43)34-9-15-41)13-14-40(21)22-6-10-37(11-7-22)16-20-4-5-24(32)19(2)26(20)38-12-8-23(42)18-38/h4-5,21-23,41-42H,3,6-18H2,1-2H3,(H2,33,36)(H,34,43)/t21-,23+/m0/s1. The van der Waals surface area contributed by atoms with E-state index >= 15 is 0 Å². The lowest BCUT2D eigenvalue weighted by Crippen LogP contribution is -2.58. The molecule has 4 heterocycles. The van der Waals surface area contributed by atoms with Crippen LogP contribution in [0.4, 0.5) is 21.7 Å². The van der Waals surface area contributed by atoms with Crippen LogP contribution in [0.15, 0.2) is 12.1 Å². The third-order valence-electron chi connectivity index (χ3n) is 9.12. The summed E-state index contributed by atoms with van der Waals surface area (Å²) in [5, 5.41) is 21.7. The number of nitrogens with one attached hydrogen (secondary N) is 1. The number of nitrogens with two attached hydrogens (primary N) is 1. The number of carbonyl (C=O) groups excluding carboxylic acids is 1. The maximum atomic E-state index is 14.5. The lowest BCUT2D eigenvalue weighted by Gasteiger charge is -2.47. The number of aliphatic hydroxyl groups excluding tert-OH is 2. The first-order valence-electron chi connectivity index (χ1n) is 15.4. The zero-order valence-electron chi connectivity index (χ0n) is 25.1. The SMILES string of the molecule is CC[C@H]1CN(c2nc(N)c(C(=O)NCCO)nc2Cl)CCN1C1CCN(Cc2ccc(F)c(C)c2N2CC[C@@H](O)C2)CC1. The van der Waals surface area contributed by atoms with Crippen molar-refractivity contribution in [2.75, 3.05) is 74.5 Å². The lowest BCUT2D eigenvalue weighted by molar-refractivity contribution is 0.0610. The molecule has 236 valence electrons. The minimum Gasteiger partial charge on any atom is -0.395 e. The van der Waals surface area contributed by atoms with Gasteiger partial charge in [-0.05, 0) is 57.3 Å². The van der Waals surface area contributed by atoms with Crippen LogP contribution >= 0.6 is 11.6 Å². The summed E-state index contributed by atoms with van der Waals surface area (Å²) >= 11 is 6.49. The second-order valence-corrected chi connectivity index (χ2v) is 12.2. The highest BCUT2D eigenvalue weighted by Crippen LogP contribution is 2.33. The molecule has 0 spiro atoms. The Morgan fingerprint density at radius 2 is 1.88 bits per heavy atom.